The molecule has 0 aromatic carbocycles. The van der Waals surface area contributed by atoms with E-state index in [0.29, 0.717) is 25.6 Å². The van der Waals surface area contributed by atoms with Crippen molar-refractivity contribution in [3.8, 4) is 0 Å². The van der Waals surface area contributed by atoms with Crippen LogP contribution < -0.4 is 10.6 Å². The van der Waals surface area contributed by atoms with Crippen LogP contribution in [0.5, 0.6) is 0 Å². The molecule has 2 amide bonds. The zero-order valence-electron chi connectivity index (χ0n) is 16.0. The average molecular weight is 370 g/mol. The molecule has 1 aromatic rings. The molecule has 0 radical (unpaired) electrons. The quantitative estimate of drug-likeness (QED) is 0.354. The Morgan fingerprint density at radius 2 is 1.85 bits per heavy atom. The Balaban J connectivity index is 1.28. The lowest BCUT2D eigenvalue weighted by atomic mass is 9.85. The Bertz CT molecular complexity index is 795. The first-order valence-corrected chi connectivity index (χ1v) is 9.53. The monoisotopic (exact) mass is 370 g/mol. The Kier molecular flexibility index (Phi) is 4.53. The van der Waals surface area contributed by atoms with Gasteiger partial charge in [0, 0.05) is 32.2 Å². The van der Waals surface area contributed by atoms with Crippen molar-refractivity contribution in [2.45, 2.75) is 26.8 Å². The molecule has 4 rings (SSSR count). The Hall–Kier alpha value is -2.57. The fourth-order valence-electron chi connectivity index (χ4n) is 4.73. The number of fused-ring (bicyclic) bond motifs is 5. The van der Waals surface area contributed by atoms with Crippen LogP contribution in [0.1, 0.15) is 23.5 Å². The summed E-state index contributed by atoms with van der Waals surface area (Å²) in [6.07, 6.45) is 5.19. The van der Waals surface area contributed by atoms with Crippen LogP contribution >= 0.6 is 0 Å². The number of amides is 2. The minimum absolute atomic E-state index is 0.00362. The SMILES string of the molecule is CN=C(NCCN1C(=O)C2C3C=CC(C3)C2C1=O)NCc1cc(C)oc1C. The number of aliphatic imine (C=N–C) groups is 1. The molecular formula is C20H26N4O3. The van der Waals surface area contributed by atoms with Gasteiger partial charge in [-0.3, -0.25) is 19.5 Å². The summed E-state index contributed by atoms with van der Waals surface area (Å²) in [5.41, 5.74) is 1.08. The number of aryl methyl sites for hydroxylation is 2. The molecule has 2 bridgehead atoms. The van der Waals surface area contributed by atoms with Crippen LogP contribution in [0, 0.1) is 37.5 Å². The summed E-state index contributed by atoms with van der Waals surface area (Å²) < 4.78 is 5.52. The second-order valence-electron chi connectivity index (χ2n) is 7.62. The van der Waals surface area contributed by atoms with Gasteiger partial charge in [0.2, 0.25) is 11.8 Å². The number of carbonyl (C=O) groups is 2. The predicted molar refractivity (Wildman–Crippen MR) is 101 cm³/mol. The molecule has 7 nitrogen and oxygen atoms in total. The number of imide groups is 1. The van der Waals surface area contributed by atoms with E-state index in [-0.39, 0.29) is 35.5 Å². The van der Waals surface area contributed by atoms with Gasteiger partial charge in [-0.05, 0) is 38.2 Å². The number of likely N-dealkylation sites (tertiary alicyclic amines) is 1. The standard InChI is InChI=1S/C20H26N4O3/c1-11-8-15(12(2)27-11)10-23-20(21-3)22-6-7-24-18(25)16-13-4-5-14(9-13)17(16)19(24)26/h4-5,8,13-14,16-17H,6-7,9-10H2,1-3H3,(H2,21,22,23). The van der Waals surface area contributed by atoms with Gasteiger partial charge in [0.05, 0.1) is 11.8 Å². The molecule has 1 saturated heterocycles. The molecule has 2 heterocycles. The highest BCUT2D eigenvalue weighted by Crippen LogP contribution is 2.52. The summed E-state index contributed by atoms with van der Waals surface area (Å²) in [6.45, 7) is 5.30. The summed E-state index contributed by atoms with van der Waals surface area (Å²) in [5.74, 6) is 2.65. The van der Waals surface area contributed by atoms with Crippen LogP contribution in [-0.2, 0) is 16.1 Å². The zero-order valence-corrected chi connectivity index (χ0v) is 16.0. The van der Waals surface area contributed by atoms with Crippen molar-refractivity contribution in [3.63, 3.8) is 0 Å². The first-order chi connectivity index (χ1) is 13.0. The van der Waals surface area contributed by atoms with Crippen molar-refractivity contribution in [2.75, 3.05) is 20.1 Å². The van der Waals surface area contributed by atoms with Crippen LogP contribution in [0.2, 0.25) is 0 Å². The normalized spacial score (nSPS) is 29.0. The Morgan fingerprint density at radius 1 is 1.19 bits per heavy atom. The maximum Gasteiger partial charge on any atom is 0.233 e. The lowest BCUT2D eigenvalue weighted by Crippen LogP contribution is -2.43. The van der Waals surface area contributed by atoms with E-state index in [1.807, 2.05) is 19.9 Å². The van der Waals surface area contributed by atoms with Crippen LogP contribution in [0.25, 0.3) is 0 Å². The molecule has 1 aromatic heterocycles. The molecule has 4 atom stereocenters. The first-order valence-electron chi connectivity index (χ1n) is 9.53. The van der Waals surface area contributed by atoms with Crippen molar-refractivity contribution in [2.24, 2.45) is 28.7 Å². The Morgan fingerprint density at radius 3 is 2.41 bits per heavy atom. The average Bonchev–Trinajstić information content (AvgIpc) is 3.38. The van der Waals surface area contributed by atoms with Crippen LogP contribution in [0.4, 0.5) is 0 Å². The maximum absolute atomic E-state index is 12.7. The summed E-state index contributed by atoms with van der Waals surface area (Å²) >= 11 is 0. The maximum atomic E-state index is 12.7. The molecule has 4 unspecified atom stereocenters. The smallest absolute Gasteiger partial charge is 0.233 e. The molecule has 1 saturated carbocycles. The number of allylic oxidation sites excluding steroid dienone is 2. The van der Waals surface area contributed by atoms with Gasteiger partial charge in [-0.25, -0.2) is 0 Å². The van der Waals surface area contributed by atoms with Crippen molar-refractivity contribution in [3.05, 3.63) is 35.3 Å². The fraction of sp³-hybridized carbons (Fsp3) is 0.550. The minimum atomic E-state index is -0.128. The van der Waals surface area contributed by atoms with E-state index >= 15 is 0 Å². The molecule has 3 aliphatic rings. The molecule has 27 heavy (non-hydrogen) atoms. The number of hydrogen-bond donors (Lipinski definition) is 2. The van der Waals surface area contributed by atoms with Crippen LogP contribution in [0.15, 0.2) is 27.6 Å². The highest BCUT2D eigenvalue weighted by atomic mass is 16.3. The van der Waals surface area contributed by atoms with E-state index in [4.69, 9.17) is 4.42 Å². The third-order valence-electron chi connectivity index (χ3n) is 6.00. The first kappa shape index (κ1) is 17.8. The van der Waals surface area contributed by atoms with Gasteiger partial charge in [-0.2, -0.15) is 0 Å². The zero-order chi connectivity index (χ0) is 19.1. The molecule has 0 spiro atoms. The van der Waals surface area contributed by atoms with Gasteiger partial charge >= 0.3 is 0 Å². The number of hydrogen-bond acceptors (Lipinski definition) is 4. The third kappa shape index (κ3) is 3.05. The van der Waals surface area contributed by atoms with E-state index in [1.165, 1.54) is 4.90 Å². The topological polar surface area (TPSA) is 86.9 Å². The van der Waals surface area contributed by atoms with E-state index in [0.717, 1.165) is 23.5 Å². The van der Waals surface area contributed by atoms with Crippen molar-refractivity contribution >= 4 is 17.8 Å². The van der Waals surface area contributed by atoms with Crippen LogP contribution in [0.3, 0.4) is 0 Å². The number of nitrogens with one attached hydrogen (secondary N) is 2. The molecule has 2 N–H and O–H groups in total. The van der Waals surface area contributed by atoms with Gasteiger partial charge in [0.1, 0.15) is 11.5 Å². The molecule has 7 heteroatoms. The van der Waals surface area contributed by atoms with E-state index < -0.39 is 0 Å². The molecule has 144 valence electrons. The van der Waals surface area contributed by atoms with Crippen LogP contribution in [-0.4, -0.2) is 42.8 Å². The lowest BCUT2D eigenvalue weighted by molar-refractivity contribution is -0.140. The largest absolute Gasteiger partial charge is 0.466 e. The molecule has 2 aliphatic carbocycles. The highest BCUT2D eigenvalue weighted by molar-refractivity contribution is 6.06. The van der Waals surface area contributed by atoms with Crippen molar-refractivity contribution in [1.82, 2.24) is 15.5 Å². The molecular weight excluding hydrogens is 344 g/mol. The number of nitrogens with zero attached hydrogens (tertiary/aromatic N) is 2. The van der Waals surface area contributed by atoms with E-state index in [1.54, 1.807) is 7.05 Å². The number of carbonyl (C=O) groups excluding carboxylic acids is 2. The number of guanidine groups is 1. The second kappa shape index (κ2) is 6.87. The van der Waals surface area contributed by atoms with Gasteiger partial charge in [-0.1, -0.05) is 12.2 Å². The second-order valence-corrected chi connectivity index (χ2v) is 7.62. The number of furan rings is 1. The summed E-state index contributed by atoms with van der Waals surface area (Å²) in [4.78, 5) is 31.0. The van der Waals surface area contributed by atoms with Gasteiger partial charge in [-0.15, -0.1) is 0 Å². The molecule has 1 aliphatic heterocycles. The van der Waals surface area contributed by atoms with E-state index in [2.05, 4.69) is 27.8 Å². The Labute approximate surface area is 158 Å². The lowest BCUT2D eigenvalue weighted by Gasteiger charge is -2.18. The number of rotatable bonds is 5. The predicted octanol–water partition coefficient (Wildman–Crippen LogP) is 1.37. The van der Waals surface area contributed by atoms with E-state index in [9.17, 15) is 9.59 Å². The fourth-order valence-corrected chi connectivity index (χ4v) is 4.73. The summed E-state index contributed by atoms with van der Waals surface area (Å²) in [7, 11) is 1.70. The van der Waals surface area contributed by atoms with Crippen molar-refractivity contribution in [1.29, 1.82) is 0 Å². The van der Waals surface area contributed by atoms with Crippen molar-refractivity contribution < 1.29 is 14.0 Å². The molecule has 2 fully saturated rings. The highest BCUT2D eigenvalue weighted by Gasteiger charge is 2.58. The summed E-state index contributed by atoms with van der Waals surface area (Å²) in [6, 6.07) is 2.00. The van der Waals surface area contributed by atoms with Gasteiger partial charge in [0.15, 0.2) is 5.96 Å². The van der Waals surface area contributed by atoms with Gasteiger partial charge < -0.3 is 15.1 Å². The third-order valence-corrected chi connectivity index (χ3v) is 6.00. The van der Waals surface area contributed by atoms with Gasteiger partial charge in [0.25, 0.3) is 0 Å². The summed E-state index contributed by atoms with van der Waals surface area (Å²) in [5, 5.41) is 6.42. The minimum Gasteiger partial charge on any atom is -0.466 e.